The molecular weight excluding hydrogens is 236 g/mol. The van der Waals surface area contributed by atoms with E-state index >= 15 is 0 Å². The van der Waals surface area contributed by atoms with Crippen molar-refractivity contribution in [3.63, 3.8) is 0 Å². The van der Waals surface area contributed by atoms with E-state index in [-0.39, 0.29) is 6.04 Å². The number of pyridine rings is 1. The van der Waals surface area contributed by atoms with Gasteiger partial charge in [-0.3, -0.25) is 4.98 Å². The van der Waals surface area contributed by atoms with Gasteiger partial charge in [0.05, 0.1) is 6.26 Å². The topological polar surface area (TPSA) is 38.1 Å². The molecule has 3 heteroatoms. The van der Waals surface area contributed by atoms with Gasteiger partial charge < -0.3 is 9.73 Å². The largest absolute Gasteiger partial charge is 0.469 e. The first-order chi connectivity index (χ1) is 9.24. The number of aromatic nitrogens is 1. The third-order valence-electron chi connectivity index (χ3n) is 3.43. The molecule has 19 heavy (non-hydrogen) atoms. The SMILES string of the molecule is CCNC(Cc1ccc(CC)cn1)c1ccoc1C. The Labute approximate surface area is 115 Å². The number of rotatable bonds is 6. The average molecular weight is 258 g/mol. The zero-order chi connectivity index (χ0) is 13.7. The summed E-state index contributed by atoms with van der Waals surface area (Å²) in [7, 11) is 0. The van der Waals surface area contributed by atoms with E-state index in [0.29, 0.717) is 0 Å². The molecule has 1 atom stereocenters. The minimum absolute atomic E-state index is 0.267. The predicted molar refractivity (Wildman–Crippen MR) is 77.2 cm³/mol. The fraction of sp³-hybridized carbons (Fsp3) is 0.438. The van der Waals surface area contributed by atoms with Crippen molar-refractivity contribution in [1.29, 1.82) is 0 Å². The van der Waals surface area contributed by atoms with Crippen LogP contribution in [0.3, 0.4) is 0 Å². The van der Waals surface area contributed by atoms with E-state index < -0.39 is 0 Å². The Morgan fingerprint density at radius 2 is 2.11 bits per heavy atom. The molecule has 0 bridgehead atoms. The Kier molecular flexibility index (Phi) is 4.74. The molecule has 1 N–H and O–H groups in total. The minimum Gasteiger partial charge on any atom is -0.469 e. The first-order valence-electron chi connectivity index (χ1n) is 6.95. The number of nitrogens with zero attached hydrogens (tertiary/aromatic N) is 1. The maximum Gasteiger partial charge on any atom is 0.105 e. The van der Waals surface area contributed by atoms with E-state index in [1.165, 1.54) is 11.1 Å². The highest BCUT2D eigenvalue weighted by Gasteiger charge is 2.15. The molecule has 0 aliphatic carbocycles. The van der Waals surface area contributed by atoms with Crippen LogP contribution in [0.4, 0.5) is 0 Å². The Hall–Kier alpha value is -1.61. The Bertz CT molecular complexity index is 502. The second-order valence-electron chi connectivity index (χ2n) is 4.76. The van der Waals surface area contributed by atoms with Gasteiger partial charge in [0.1, 0.15) is 5.76 Å². The lowest BCUT2D eigenvalue weighted by Gasteiger charge is -2.17. The molecule has 102 valence electrons. The number of aryl methyl sites for hydroxylation is 2. The maximum absolute atomic E-state index is 5.41. The minimum atomic E-state index is 0.267. The van der Waals surface area contributed by atoms with Crippen molar-refractivity contribution < 1.29 is 4.42 Å². The molecule has 0 saturated carbocycles. The normalized spacial score (nSPS) is 12.6. The van der Waals surface area contributed by atoms with Gasteiger partial charge in [-0.05, 0) is 37.6 Å². The molecule has 2 heterocycles. The van der Waals surface area contributed by atoms with Gasteiger partial charge in [-0.1, -0.05) is 19.9 Å². The Morgan fingerprint density at radius 3 is 2.63 bits per heavy atom. The van der Waals surface area contributed by atoms with Crippen molar-refractivity contribution in [3.05, 3.63) is 53.2 Å². The fourth-order valence-electron chi connectivity index (χ4n) is 2.29. The number of nitrogens with one attached hydrogen (secondary N) is 1. The van der Waals surface area contributed by atoms with Gasteiger partial charge in [0.15, 0.2) is 0 Å². The van der Waals surface area contributed by atoms with Crippen LogP contribution in [0.2, 0.25) is 0 Å². The van der Waals surface area contributed by atoms with Crippen molar-refractivity contribution >= 4 is 0 Å². The first-order valence-corrected chi connectivity index (χ1v) is 6.95. The second kappa shape index (κ2) is 6.53. The summed E-state index contributed by atoms with van der Waals surface area (Å²) in [6.45, 7) is 7.21. The van der Waals surface area contributed by atoms with Crippen LogP contribution in [0.1, 0.15) is 42.5 Å². The van der Waals surface area contributed by atoms with Crippen LogP contribution in [0.5, 0.6) is 0 Å². The quantitative estimate of drug-likeness (QED) is 0.862. The maximum atomic E-state index is 5.41. The lowest BCUT2D eigenvalue weighted by atomic mass is 10.0. The molecule has 0 spiro atoms. The van der Waals surface area contributed by atoms with Gasteiger partial charge in [0, 0.05) is 29.9 Å². The second-order valence-corrected chi connectivity index (χ2v) is 4.76. The Balaban J connectivity index is 2.14. The van der Waals surface area contributed by atoms with Crippen LogP contribution in [-0.2, 0) is 12.8 Å². The summed E-state index contributed by atoms with van der Waals surface area (Å²) in [5, 5.41) is 3.50. The number of hydrogen-bond acceptors (Lipinski definition) is 3. The van der Waals surface area contributed by atoms with Crippen LogP contribution in [0, 0.1) is 6.92 Å². The molecule has 0 aliphatic heterocycles. The van der Waals surface area contributed by atoms with E-state index in [2.05, 4.69) is 36.3 Å². The van der Waals surface area contributed by atoms with Gasteiger partial charge >= 0.3 is 0 Å². The standard InChI is InChI=1S/C16H22N2O/c1-4-13-6-7-14(18-11-13)10-16(17-5-2)15-8-9-19-12(15)3/h6-9,11,16-17H,4-5,10H2,1-3H3. The average Bonchev–Trinajstić information content (AvgIpc) is 2.85. The highest BCUT2D eigenvalue weighted by molar-refractivity contribution is 5.23. The van der Waals surface area contributed by atoms with E-state index in [4.69, 9.17) is 4.42 Å². The summed E-state index contributed by atoms with van der Waals surface area (Å²) in [4.78, 5) is 4.54. The molecule has 0 aromatic carbocycles. The molecule has 2 aromatic heterocycles. The molecule has 0 amide bonds. The van der Waals surface area contributed by atoms with Crippen molar-refractivity contribution in [2.75, 3.05) is 6.54 Å². The summed E-state index contributed by atoms with van der Waals surface area (Å²) >= 11 is 0. The van der Waals surface area contributed by atoms with Crippen LogP contribution >= 0.6 is 0 Å². The molecule has 0 aliphatic rings. The van der Waals surface area contributed by atoms with Gasteiger partial charge in [-0.15, -0.1) is 0 Å². The molecular formula is C16H22N2O. The van der Waals surface area contributed by atoms with Crippen molar-refractivity contribution in [2.24, 2.45) is 0 Å². The number of hydrogen-bond donors (Lipinski definition) is 1. The lowest BCUT2D eigenvalue weighted by molar-refractivity contribution is 0.499. The van der Waals surface area contributed by atoms with E-state index in [1.807, 2.05) is 19.2 Å². The highest BCUT2D eigenvalue weighted by Crippen LogP contribution is 2.22. The van der Waals surface area contributed by atoms with E-state index in [9.17, 15) is 0 Å². The zero-order valence-corrected chi connectivity index (χ0v) is 11.9. The molecule has 3 nitrogen and oxygen atoms in total. The van der Waals surface area contributed by atoms with Gasteiger partial charge in [0.25, 0.3) is 0 Å². The highest BCUT2D eigenvalue weighted by atomic mass is 16.3. The number of likely N-dealkylation sites (N-methyl/N-ethyl adjacent to an activating group) is 1. The fourth-order valence-corrected chi connectivity index (χ4v) is 2.29. The summed E-state index contributed by atoms with van der Waals surface area (Å²) in [5.41, 5.74) is 3.62. The molecule has 0 saturated heterocycles. The summed E-state index contributed by atoms with van der Waals surface area (Å²) < 4.78 is 5.41. The third kappa shape index (κ3) is 3.44. The molecule has 0 radical (unpaired) electrons. The van der Waals surface area contributed by atoms with Gasteiger partial charge in [-0.2, -0.15) is 0 Å². The Morgan fingerprint density at radius 1 is 1.26 bits per heavy atom. The third-order valence-corrected chi connectivity index (χ3v) is 3.43. The predicted octanol–water partition coefficient (Wildman–Crippen LogP) is 3.44. The summed E-state index contributed by atoms with van der Waals surface area (Å²) in [6, 6.07) is 6.60. The van der Waals surface area contributed by atoms with Gasteiger partial charge in [-0.25, -0.2) is 0 Å². The van der Waals surface area contributed by atoms with Crippen LogP contribution < -0.4 is 5.32 Å². The molecule has 2 rings (SSSR count). The van der Waals surface area contributed by atoms with Crippen LogP contribution in [0.15, 0.2) is 35.1 Å². The zero-order valence-electron chi connectivity index (χ0n) is 11.9. The van der Waals surface area contributed by atoms with Gasteiger partial charge in [0.2, 0.25) is 0 Å². The molecule has 1 unspecified atom stereocenters. The van der Waals surface area contributed by atoms with Crippen LogP contribution in [-0.4, -0.2) is 11.5 Å². The lowest BCUT2D eigenvalue weighted by Crippen LogP contribution is -2.23. The van der Waals surface area contributed by atoms with Crippen molar-refractivity contribution in [3.8, 4) is 0 Å². The molecule has 0 fully saturated rings. The smallest absolute Gasteiger partial charge is 0.105 e. The summed E-state index contributed by atoms with van der Waals surface area (Å²) in [6.07, 6.45) is 5.64. The van der Waals surface area contributed by atoms with E-state index in [1.54, 1.807) is 6.26 Å². The molecule has 2 aromatic rings. The monoisotopic (exact) mass is 258 g/mol. The number of furan rings is 1. The van der Waals surface area contributed by atoms with Crippen LogP contribution in [0.25, 0.3) is 0 Å². The van der Waals surface area contributed by atoms with Crippen molar-refractivity contribution in [1.82, 2.24) is 10.3 Å². The van der Waals surface area contributed by atoms with Crippen molar-refractivity contribution in [2.45, 2.75) is 39.7 Å². The first kappa shape index (κ1) is 13.8. The summed E-state index contributed by atoms with van der Waals surface area (Å²) in [5.74, 6) is 0.983. The van der Waals surface area contributed by atoms with E-state index in [0.717, 1.165) is 30.8 Å².